The van der Waals surface area contributed by atoms with Crippen molar-refractivity contribution in [2.75, 3.05) is 11.9 Å². The number of esters is 1. The van der Waals surface area contributed by atoms with E-state index in [-0.39, 0.29) is 11.9 Å². The molecular weight excluding hydrogens is 286 g/mol. The zero-order valence-corrected chi connectivity index (χ0v) is 13.8. The highest BCUT2D eigenvalue weighted by Gasteiger charge is 2.28. The zero-order chi connectivity index (χ0) is 15.4. The van der Waals surface area contributed by atoms with Gasteiger partial charge in [0.05, 0.1) is 12.2 Å². The standard InChI is InChI=1S/C16H23NO3S/c1-4-6-13(18)17-15-14(16(19)20-5-2)11-8-7-10(3)9-12(11)21-15/h10H,4-9H2,1-3H3,(H,17,18). The number of fused-ring (bicyclic) bond motifs is 1. The second-order valence-electron chi connectivity index (χ2n) is 5.57. The van der Waals surface area contributed by atoms with Crippen LogP contribution in [0.5, 0.6) is 0 Å². The molecule has 5 heteroatoms. The van der Waals surface area contributed by atoms with Gasteiger partial charge >= 0.3 is 5.97 Å². The van der Waals surface area contributed by atoms with E-state index in [0.29, 0.717) is 29.5 Å². The molecule has 1 aliphatic rings. The summed E-state index contributed by atoms with van der Waals surface area (Å²) in [5.74, 6) is 0.288. The Labute approximate surface area is 129 Å². The quantitative estimate of drug-likeness (QED) is 0.842. The number of ether oxygens (including phenoxy) is 1. The van der Waals surface area contributed by atoms with Crippen molar-refractivity contribution in [3.8, 4) is 0 Å². The van der Waals surface area contributed by atoms with Crippen molar-refractivity contribution in [3.63, 3.8) is 0 Å². The van der Waals surface area contributed by atoms with Gasteiger partial charge in [-0.3, -0.25) is 4.79 Å². The fraction of sp³-hybridized carbons (Fsp3) is 0.625. The van der Waals surface area contributed by atoms with Gasteiger partial charge in [-0.2, -0.15) is 0 Å². The third-order valence-corrected chi connectivity index (χ3v) is 4.89. The van der Waals surface area contributed by atoms with E-state index in [1.807, 2.05) is 6.92 Å². The van der Waals surface area contributed by atoms with E-state index in [0.717, 1.165) is 31.2 Å². The average molecular weight is 309 g/mol. The van der Waals surface area contributed by atoms with Crippen LogP contribution in [0, 0.1) is 5.92 Å². The van der Waals surface area contributed by atoms with Crippen molar-refractivity contribution in [2.24, 2.45) is 5.92 Å². The number of hydrogen-bond donors (Lipinski definition) is 1. The highest BCUT2D eigenvalue weighted by atomic mass is 32.1. The van der Waals surface area contributed by atoms with Gasteiger partial charge in [-0.05, 0) is 44.1 Å². The Morgan fingerprint density at radius 1 is 1.38 bits per heavy atom. The Hall–Kier alpha value is -1.36. The zero-order valence-electron chi connectivity index (χ0n) is 13.0. The van der Waals surface area contributed by atoms with Gasteiger partial charge in [-0.1, -0.05) is 13.8 Å². The third-order valence-electron chi connectivity index (χ3n) is 3.72. The largest absolute Gasteiger partial charge is 0.462 e. The number of amides is 1. The summed E-state index contributed by atoms with van der Waals surface area (Å²) in [5.41, 5.74) is 1.68. The topological polar surface area (TPSA) is 55.4 Å². The predicted octanol–water partition coefficient (Wildman–Crippen LogP) is 3.79. The van der Waals surface area contributed by atoms with Crippen LogP contribution >= 0.6 is 11.3 Å². The van der Waals surface area contributed by atoms with E-state index < -0.39 is 0 Å². The first kappa shape index (κ1) is 16.0. The molecule has 1 N–H and O–H groups in total. The minimum atomic E-state index is -0.309. The van der Waals surface area contributed by atoms with Crippen LogP contribution in [-0.2, 0) is 22.4 Å². The van der Waals surface area contributed by atoms with E-state index in [1.54, 1.807) is 18.3 Å². The molecule has 1 heterocycles. The fourth-order valence-corrected chi connectivity index (χ4v) is 4.09. The molecule has 0 saturated carbocycles. The van der Waals surface area contributed by atoms with Crippen molar-refractivity contribution < 1.29 is 14.3 Å². The van der Waals surface area contributed by atoms with Gasteiger partial charge in [-0.25, -0.2) is 4.79 Å². The second kappa shape index (κ2) is 7.07. The SMILES string of the molecule is CCCC(=O)Nc1sc2c(c1C(=O)OCC)CCC(C)C2. The minimum Gasteiger partial charge on any atom is -0.462 e. The maximum atomic E-state index is 12.3. The van der Waals surface area contributed by atoms with Crippen molar-refractivity contribution in [1.29, 1.82) is 0 Å². The summed E-state index contributed by atoms with van der Waals surface area (Å²) < 4.78 is 5.18. The summed E-state index contributed by atoms with van der Waals surface area (Å²) in [6.07, 6.45) is 4.23. The molecule has 0 spiro atoms. The third kappa shape index (κ3) is 3.64. The first-order valence-electron chi connectivity index (χ1n) is 7.68. The first-order valence-corrected chi connectivity index (χ1v) is 8.49. The lowest BCUT2D eigenvalue weighted by Gasteiger charge is -2.18. The normalized spacial score (nSPS) is 17.2. The highest BCUT2D eigenvalue weighted by Crippen LogP contribution is 2.40. The Bertz CT molecular complexity index is 536. The van der Waals surface area contributed by atoms with Crippen LogP contribution in [0.4, 0.5) is 5.00 Å². The summed E-state index contributed by atoms with van der Waals surface area (Å²) in [6.45, 7) is 6.34. The summed E-state index contributed by atoms with van der Waals surface area (Å²) in [4.78, 5) is 25.3. The van der Waals surface area contributed by atoms with Crippen LogP contribution in [0.2, 0.25) is 0 Å². The van der Waals surface area contributed by atoms with Crippen LogP contribution < -0.4 is 5.32 Å². The Morgan fingerprint density at radius 2 is 2.14 bits per heavy atom. The lowest BCUT2D eigenvalue weighted by atomic mass is 9.88. The summed E-state index contributed by atoms with van der Waals surface area (Å²) in [6, 6.07) is 0. The smallest absolute Gasteiger partial charge is 0.341 e. The first-order chi connectivity index (χ1) is 10.1. The average Bonchev–Trinajstić information content (AvgIpc) is 2.75. The monoisotopic (exact) mass is 309 g/mol. The minimum absolute atomic E-state index is 0.0327. The molecule has 1 aromatic heterocycles. The van der Waals surface area contributed by atoms with Gasteiger partial charge in [0.2, 0.25) is 5.91 Å². The summed E-state index contributed by atoms with van der Waals surface area (Å²) >= 11 is 1.54. The van der Waals surface area contributed by atoms with Crippen molar-refractivity contribution in [1.82, 2.24) is 0 Å². The maximum absolute atomic E-state index is 12.3. The maximum Gasteiger partial charge on any atom is 0.341 e. The van der Waals surface area contributed by atoms with Crippen molar-refractivity contribution in [3.05, 3.63) is 16.0 Å². The van der Waals surface area contributed by atoms with Crippen molar-refractivity contribution in [2.45, 2.75) is 52.9 Å². The van der Waals surface area contributed by atoms with E-state index in [9.17, 15) is 9.59 Å². The van der Waals surface area contributed by atoms with E-state index in [1.165, 1.54) is 4.88 Å². The van der Waals surface area contributed by atoms with Crippen molar-refractivity contribution >= 4 is 28.2 Å². The van der Waals surface area contributed by atoms with Gasteiger partial charge < -0.3 is 10.1 Å². The number of rotatable bonds is 5. The van der Waals surface area contributed by atoms with Crippen LogP contribution in [0.25, 0.3) is 0 Å². The fourth-order valence-electron chi connectivity index (χ4n) is 2.67. The predicted molar refractivity (Wildman–Crippen MR) is 85.0 cm³/mol. The molecule has 4 nitrogen and oxygen atoms in total. The molecular formula is C16H23NO3S. The molecule has 2 rings (SSSR count). The molecule has 1 aliphatic carbocycles. The molecule has 1 unspecified atom stereocenters. The van der Waals surface area contributed by atoms with Crippen LogP contribution in [0.1, 0.15) is 60.8 Å². The highest BCUT2D eigenvalue weighted by molar-refractivity contribution is 7.17. The molecule has 0 bridgehead atoms. The number of thiophene rings is 1. The van der Waals surface area contributed by atoms with Gasteiger partial charge in [-0.15, -0.1) is 11.3 Å². The molecule has 0 radical (unpaired) electrons. The molecule has 0 aromatic carbocycles. The van der Waals surface area contributed by atoms with Crippen LogP contribution in [0.3, 0.4) is 0 Å². The summed E-state index contributed by atoms with van der Waals surface area (Å²) in [7, 11) is 0. The number of hydrogen-bond acceptors (Lipinski definition) is 4. The molecule has 0 fully saturated rings. The Kier molecular flexibility index (Phi) is 5.39. The van der Waals surface area contributed by atoms with Crippen LogP contribution in [-0.4, -0.2) is 18.5 Å². The number of carbonyl (C=O) groups excluding carboxylic acids is 2. The second-order valence-corrected chi connectivity index (χ2v) is 6.68. The van der Waals surface area contributed by atoms with Gasteiger partial charge in [0.25, 0.3) is 0 Å². The number of carbonyl (C=O) groups is 2. The molecule has 1 atom stereocenters. The molecule has 0 saturated heterocycles. The molecule has 1 amide bonds. The van der Waals surface area contributed by atoms with Gasteiger partial charge in [0.1, 0.15) is 5.00 Å². The summed E-state index contributed by atoms with van der Waals surface area (Å²) in [5, 5.41) is 3.57. The van der Waals surface area contributed by atoms with E-state index in [2.05, 4.69) is 12.2 Å². The molecule has 116 valence electrons. The van der Waals surface area contributed by atoms with Gasteiger partial charge in [0.15, 0.2) is 0 Å². The molecule has 21 heavy (non-hydrogen) atoms. The van der Waals surface area contributed by atoms with E-state index >= 15 is 0 Å². The number of anilines is 1. The molecule has 1 aromatic rings. The number of nitrogens with one attached hydrogen (secondary N) is 1. The van der Waals surface area contributed by atoms with E-state index in [4.69, 9.17) is 4.74 Å². The molecule has 0 aliphatic heterocycles. The Morgan fingerprint density at radius 3 is 2.81 bits per heavy atom. The Balaban J connectivity index is 2.33. The lowest BCUT2D eigenvalue weighted by molar-refractivity contribution is -0.116. The van der Waals surface area contributed by atoms with Crippen LogP contribution in [0.15, 0.2) is 0 Å². The lowest BCUT2D eigenvalue weighted by Crippen LogP contribution is -2.16. The van der Waals surface area contributed by atoms with Gasteiger partial charge in [0, 0.05) is 11.3 Å².